The van der Waals surface area contributed by atoms with Gasteiger partial charge in [0.25, 0.3) is 5.91 Å². The van der Waals surface area contributed by atoms with Crippen molar-refractivity contribution in [2.24, 2.45) is 0 Å². The smallest absolute Gasteiger partial charge is 0.266 e. The molecule has 140 valence electrons. The van der Waals surface area contributed by atoms with Crippen molar-refractivity contribution in [3.05, 3.63) is 76.5 Å². The van der Waals surface area contributed by atoms with Gasteiger partial charge in [0, 0.05) is 16.7 Å². The van der Waals surface area contributed by atoms with Crippen LogP contribution in [0.2, 0.25) is 5.02 Å². The van der Waals surface area contributed by atoms with Crippen molar-refractivity contribution in [2.45, 2.75) is 6.92 Å². The third kappa shape index (κ3) is 4.43. The zero-order valence-electron chi connectivity index (χ0n) is 15.3. The second-order valence-corrected chi connectivity index (χ2v) is 6.48. The van der Waals surface area contributed by atoms with Crippen molar-refractivity contribution in [1.82, 2.24) is 0 Å². The van der Waals surface area contributed by atoms with E-state index in [1.807, 2.05) is 31.2 Å². The van der Waals surface area contributed by atoms with E-state index in [1.165, 1.54) is 13.2 Å². The molecule has 5 nitrogen and oxygen atoms in total. The van der Waals surface area contributed by atoms with E-state index < -0.39 is 5.91 Å². The fourth-order valence-corrected chi connectivity index (χ4v) is 2.80. The second-order valence-electron chi connectivity index (χ2n) is 6.04. The summed E-state index contributed by atoms with van der Waals surface area (Å²) in [5.74, 6) is 0.946. The lowest BCUT2D eigenvalue weighted by Gasteiger charge is -2.10. The summed E-state index contributed by atoms with van der Waals surface area (Å²) in [6, 6.07) is 17.9. The molecule has 6 heteroatoms. The molecule has 28 heavy (non-hydrogen) atoms. The summed E-state index contributed by atoms with van der Waals surface area (Å²) in [7, 11) is 1.52. The molecule has 0 saturated carbocycles. The maximum absolute atomic E-state index is 12.5. The summed E-state index contributed by atoms with van der Waals surface area (Å²) in [5, 5.41) is 12.7. The van der Waals surface area contributed by atoms with Crippen LogP contribution in [0.15, 0.2) is 64.6 Å². The number of amides is 1. The Morgan fingerprint density at radius 2 is 2.04 bits per heavy atom. The van der Waals surface area contributed by atoms with Crippen molar-refractivity contribution >= 4 is 29.3 Å². The normalized spacial score (nSPS) is 11.0. The average molecular weight is 393 g/mol. The van der Waals surface area contributed by atoms with E-state index in [0.717, 1.165) is 11.1 Å². The number of aryl methyl sites for hydroxylation is 1. The lowest BCUT2D eigenvalue weighted by atomic mass is 10.2. The molecule has 1 aromatic heterocycles. The maximum Gasteiger partial charge on any atom is 0.266 e. The SMILES string of the molecule is COc1cc(C)ccc1NC(=O)/C(C#N)=C/c1ccc(-c2cccc(Cl)c2)o1. The number of benzene rings is 2. The Morgan fingerprint density at radius 3 is 2.75 bits per heavy atom. The van der Waals surface area contributed by atoms with Crippen molar-refractivity contribution < 1.29 is 13.9 Å². The topological polar surface area (TPSA) is 75.3 Å². The highest BCUT2D eigenvalue weighted by atomic mass is 35.5. The van der Waals surface area contributed by atoms with E-state index in [9.17, 15) is 10.1 Å². The maximum atomic E-state index is 12.5. The molecule has 0 spiro atoms. The molecule has 2 aromatic carbocycles. The predicted octanol–water partition coefficient (Wildman–Crippen LogP) is 5.46. The van der Waals surface area contributed by atoms with Gasteiger partial charge in [-0.2, -0.15) is 5.26 Å². The molecule has 0 saturated heterocycles. The highest BCUT2D eigenvalue weighted by molar-refractivity contribution is 6.30. The van der Waals surface area contributed by atoms with Gasteiger partial charge in [0.05, 0.1) is 12.8 Å². The lowest BCUT2D eigenvalue weighted by molar-refractivity contribution is -0.112. The Balaban J connectivity index is 1.83. The van der Waals surface area contributed by atoms with Crippen LogP contribution >= 0.6 is 11.6 Å². The number of methoxy groups -OCH3 is 1. The molecule has 3 rings (SSSR count). The molecular weight excluding hydrogens is 376 g/mol. The Bertz CT molecular complexity index is 1090. The zero-order chi connectivity index (χ0) is 20.1. The first-order valence-corrected chi connectivity index (χ1v) is 8.81. The Labute approximate surface area is 167 Å². The number of furan rings is 1. The third-order valence-electron chi connectivity index (χ3n) is 3.99. The van der Waals surface area contributed by atoms with Gasteiger partial charge < -0.3 is 14.5 Å². The minimum absolute atomic E-state index is 0.0883. The molecule has 1 heterocycles. The summed E-state index contributed by atoms with van der Waals surface area (Å²) in [6.45, 7) is 1.92. The molecule has 0 fully saturated rings. The van der Waals surface area contributed by atoms with Crippen LogP contribution in [0.4, 0.5) is 5.69 Å². The van der Waals surface area contributed by atoms with Crippen LogP contribution in [-0.2, 0) is 4.79 Å². The Morgan fingerprint density at radius 1 is 1.21 bits per heavy atom. The first kappa shape index (κ1) is 19.3. The van der Waals surface area contributed by atoms with Crippen molar-refractivity contribution in [1.29, 1.82) is 5.26 Å². The Hall–Kier alpha value is -3.49. The highest BCUT2D eigenvalue weighted by Crippen LogP contribution is 2.27. The molecule has 0 atom stereocenters. The van der Waals surface area contributed by atoms with E-state index in [4.69, 9.17) is 20.8 Å². The molecular formula is C22H17ClN2O3. The molecule has 3 aromatic rings. The second kappa shape index (κ2) is 8.47. The fraction of sp³-hybridized carbons (Fsp3) is 0.0909. The fourth-order valence-electron chi connectivity index (χ4n) is 2.61. The number of hydrogen-bond donors (Lipinski definition) is 1. The van der Waals surface area contributed by atoms with E-state index in [0.29, 0.717) is 28.0 Å². The van der Waals surface area contributed by atoms with Gasteiger partial charge in [-0.3, -0.25) is 4.79 Å². The average Bonchev–Trinajstić information content (AvgIpc) is 3.16. The van der Waals surface area contributed by atoms with Crippen molar-refractivity contribution in [3.8, 4) is 23.1 Å². The summed E-state index contributed by atoms with van der Waals surface area (Å²) < 4.78 is 11.0. The number of nitriles is 1. The lowest BCUT2D eigenvalue weighted by Crippen LogP contribution is -2.14. The largest absolute Gasteiger partial charge is 0.495 e. The number of nitrogens with zero attached hydrogens (tertiary/aromatic N) is 1. The van der Waals surface area contributed by atoms with Gasteiger partial charge in [-0.25, -0.2) is 0 Å². The van der Waals surface area contributed by atoms with Crippen LogP contribution in [0.25, 0.3) is 17.4 Å². The van der Waals surface area contributed by atoms with Gasteiger partial charge >= 0.3 is 0 Å². The monoisotopic (exact) mass is 392 g/mol. The molecule has 0 radical (unpaired) electrons. The minimum Gasteiger partial charge on any atom is -0.495 e. The molecule has 0 bridgehead atoms. The van der Waals surface area contributed by atoms with Crippen LogP contribution in [0, 0.1) is 18.3 Å². The van der Waals surface area contributed by atoms with Crippen LogP contribution in [-0.4, -0.2) is 13.0 Å². The number of hydrogen-bond acceptors (Lipinski definition) is 4. The summed E-state index contributed by atoms with van der Waals surface area (Å²) in [5.41, 5.74) is 2.20. The molecule has 0 unspecified atom stereocenters. The van der Waals surface area contributed by atoms with E-state index in [2.05, 4.69) is 5.32 Å². The predicted molar refractivity (Wildman–Crippen MR) is 109 cm³/mol. The molecule has 0 aliphatic rings. The number of ether oxygens (including phenoxy) is 1. The number of halogens is 1. The standard InChI is InChI=1S/C22H17ClN2O3/c1-14-6-8-19(21(10-14)27-2)25-22(26)16(13-24)12-18-7-9-20(28-18)15-4-3-5-17(23)11-15/h3-12H,1-2H3,(H,25,26)/b16-12+. The summed E-state index contributed by atoms with van der Waals surface area (Å²) >= 11 is 6.00. The highest BCUT2D eigenvalue weighted by Gasteiger charge is 2.14. The van der Waals surface area contributed by atoms with E-state index in [-0.39, 0.29) is 5.57 Å². The number of anilines is 1. The van der Waals surface area contributed by atoms with Crippen molar-refractivity contribution in [2.75, 3.05) is 12.4 Å². The van der Waals surface area contributed by atoms with Gasteiger partial charge in [0.15, 0.2) is 0 Å². The van der Waals surface area contributed by atoms with E-state index >= 15 is 0 Å². The zero-order valence-corrected chi connectivity index (χ0v) is 16.1. The third-order valence-corrected chi connectivity index (χ3v) is 4.23. The number of carbonyl (C=O) groups is 1. The summed E-state index contributed by atoms with van der Waals surface area (Å²) in [6.07, 6.45) is 1.39. The van der Waals surface area contributed by atoms with Crippen LogP contribution in [0.3, 0.4) is 0 Å². The quantitative estimate of drug-likeness (QED) is 0.462. The molecule has 1 N–H and O–H groups in total. The number of rotatable bonds is 5. The minimum atomic E-state index is -0.551. The number of carbonyl (C=O) groups excluding carboxylic acids is 1. The van der Waals surface area contributed by atoms with Crippen LogP contribution in [0.1, 0.15) is 11.3 Å². The van der Waals surface area contributed by atoms with Crippen LogP contribution in [0.5, 0.6) is 5.75 Å². The van der Waals surface area contributed by atoms with Gasteiger partial charge in [-0.1, -0.05) is 29.8 Å². The van der Waals surface area contributed by atoms with Gasteiger partial charge in [-0.05, 0) is 48.9 Å². The van der Waals surface area contributed by atoms with Gasteiger partial charge in [-0.15, -0.1) is 0 Å². The molecule has 1 amide bonds. The van der Waals surface area contributed by atoms with E-state index in [1.54, 1.807) is 36.4 Å². The Kier molecular flexibility index (Phi) is 5.83. The number of nitrogens with one attached hydrogen (secondary N) is 1. The summed E-state index contributed by atoms with van der Waals surface area (Å²) in [4.78, 5) is 12.5. The first-order chi connectivity index (χ1) is 13.5. The van der Waals surface area contributed by atoms with Gasteiger partial charge in [0.1, 0.15) is 28.9 Å². The first-order valence-electron chi connectivity index (χ1n) is 8.43. The molecule has 0 aliphatic carbocycles. The van der Waals surface area contributed by atoms with Crippen molar-refractivity contribution in [3.63, 3.8) is 0 Å². The van der Waals surface area contributed by atoms with Gasteiger partial charge in [0.2, 0.25) is 0 Å². The molecule has 0 aliphatic heterocycles. The van der Waals surface area contributed by atoms with Crippen LogP contribution < -0.4 is 10.1 Å².